The summed E-state index contributed by atoms with van der Waals surface area (Å²) in [6, 6.07) is 54.9. The molecular formula is C104H132N4O4S6. The van der Waals surface area contributed by atoms with Gasteiger partial charge in [0, 0.05) is 119 Å². The largest absolute Gasteiger partial charge is 0.431 e. The van der Waals surface area contributed by atoms with Gasteiger partial charge in [-0.25, -0.2) is 0 Å². The molecule has 0 aliphatic rings. The van der Waals surface area contributed by atoms with Crippen LogP contribution in [0.2, 0.25) is 0 Å². The van der Waals surface area contributed by atoms with Crippen LogP contribution in [-0.2, 0) is 25.7 Å². The molecule has 0 radical (unpaired) electrons. The summed E-state index contributed by atoms with van der Waals surface area (Å²) in [5.41, 5.74) is 8.40. The Hall–Kier alpha value is -7.56. The van der Waals surface area contributed by atoms with E-state index in [0.717, 1.165) is 58.4 Å². The minimum atomic E-state index is 0.273. The van der Waals surface area contributed by atoms with Gasteiger partial charge in [0.2, 0.25) is 0 Å². The van der Waals surface area contributed by atoms with Crippen molar-refractivity contribution in [1.82, 2.24) is 19.6 Å². The number of fused-ring (bicyclic) bond motifs is 10. The highest BCUT2D eigenvalue weighted by Gasteiger charge is 2.26. The van der Waals surface area contributed by atoms with E-state index < -0.39 is 0 Å². The molecule has 0 atom stereocenters. The van der Waals surface area contributed by atoms with Crippen molar-refractivity contribution in [2.75, 3.05) is 56.4 Å². The van der Waals surface area contributed by atoms with Crippen LogP contribution in [0, 0.1) is 0 Å². The normalized spacial score (nSPS) is 11.6. The molecule has 14 heteroatoms. The maximum absolute atomic E-state index is 6.69. The van der Waals surface area contributed by atoms with E-state index in [-0.39, 0.29) is 10.3 Å². The zero-order valence-electron chi connectivity index (χ0n) is 73.2. The van der Waals surface area contributed by atoms with Crippen LogP contribution >= 0.6 is 71.5 Å². The number of ether oxygens (including phenoxy) is 4. The molecule has 2 aromatic heterocycles. The quantitative estimate of drug-likeness (QED) is 0.0271. The van der Waals surface area contributed by atoms with Gasteiger partial charge in [-0.15, -0.1) is 22.7 Å². The third-order valence-corrected chi connectivity index (χ3v) is 27.3. The lowest BCUT2D eigenvalue weighted by atomic mass is 9.93. The van der Waals surface area contributed by atoms with Crippen molar-refractivity contribution in [3.63, 3.8) is 0 Å². The fourth-order valence-electron chi connectivity index (χ4n) is 16.2. The molecule has 8 nitrogen and oxygen atoms in total. The van der Waals surface area contributed by atoms with Crippen LogP contribution in [0.5, 0.6) is 23.0 Å². The molecule has 0 aliphatic carbocycles. The van der Waals surface area contributed by atoms with Crippen molar-refractivity contribution in [2.45, 2.75) is 259 Å². The van der Waals surface area contributed by atoms with E-state index in [2.05, 4.69) is 161 Å². The van der Waals surface area contributed by atoms with E-state index in [1.807, 2.05) is 91.2 Å². The zero-order valence-corrected chi connectivity index (χ0v) is 78.1. The fourth-order valence-corrected chi connectivity index (χ4v) is 18.9. The lowest BCUT2D eigenvalue weighted by Crippen LogP contribution is -2.26. The molecule has 0 amide bonds. The van der Waals surface area contributed by atoms with Crippen molar-refractivity contribution in [2.24, 2.45) is 0 Å². The molecule has 12 aromatic rings. The molecule has 0 saturated heterocycles. The number of hydrogen-bond acceptors (Lipinski definition) is 10. The lowest BCUT2D eigenvalue weighted by Gasteiger charge is -2.24. The molecule has 118 heavy (non-hydrogen) atoms. The molecule has 0 saturated carbocycles. The van der Waals surface area contributed by atoms with E-state index in [4.69, 9.17) is 67.8 Å². The van der Waals surface area contributed by atoms with Crippen LogP contribution in [-0.4, -0.2) is 96.7 Å². The summed E-state index contributed by atoms with van der Waals surface area (Å²) < 4.78 is 32.2. The molecule has 10 aromatic carbocycles. The minimum absolute atomic E-state index is 0.273. The van der Waals surface area contributed by atoms with E-state index >= 15 is 0 Å². The Labute approximate surface area is 736 Å². The topological polar surface area (TPSA) is 49.9 Å². The number of benzene rings is 10. The lowest BCUT2D eigenvalue weighted by molar-refractivity contribution is 0.440. The molecule has 2 heterocycles. The summed E-state index contributed by atoms with van der Waals surface area (Å²) in [7, 11) is 15.0. The number of thiophene rings is 2. The Bertz CT molecular complexity index is 5010. The first-order chi connectivity index (χ1) is 57.3. The van der Waals surface area contributed by atoms with Crippen LogP contribution < -0.4 is 18.9 Å². The van der Waals surface area contributed by atoms with Gasteiger partial charge in [-0.3, -0.25) is 0 Å². The molecule has 0 N–H and O–H groups in total. The number of thiocarbonyl (C=S) groups is 4. The number of nitrogens with zero attached hydrogens (tertiary/aromatic N) is 4. The van der Waals surface area contributed by atoms with E-state index in [9.17, 15) is 0 Å². The van der Waals surface area contributed by atoms with Gasteiger partial charge in [0.15, 0.2) is 0 Å². The van der Waals surface area contributed by atoms with E-state index in [1.165, 1.54) is 290 Å². The van der Waals surface area contributed by atoms with Crippen LogP contribution in [0.1, 0.15) is 255 Å². The first-order valence-corrected chi connectivity index (χ1v) is 48.1. The van der Waals surface area contributed by atoms with Crippen LogP contribution in [0.3, 0.4) is 0 Å². The molecule has 0 aliphatic heterocycles. The Balaban J connectivity index is 0.000000247. The zero-order chi connectivity index (χ0) is 83.5. The monoisotopic (exact) mass is 1690 g/mol. The summed E-state index contributed by atoms with van der Waals surface area (Å²) in [4.78, 5) is 7.10. The molecule has 0 spiro atoms. The van der Waals surface area contributed by atoms with Gasteiger partial charge >= 0.3 is 0 Å². The standard InChI is InChI=1S/C58H78N4O4S4.C46H54S2/c1-11-13-15-17-19-21-23-25-27-41-29-31-43-35-47(51(37-45(43)33-41)63-55(67)59(3)4)49-39-54(66-58(70)62(9)10)50(40-53(49)65-57(69)61(7)8)48-36-44-32-30-42(28-26-24-22-20-18-16-14-12-2)34-46(44)38-52(48)64-56(68)60(5)6;1-3-5-7-9-11-13-15-17-19-33-21-23-35-27-39-41-31-46-42(32-45(41)47-43(39)29-37(35)25-33)40-28-36-24-22-34(26-38(36)30-44(40)48-46)20-18-16-14-12-10-8-6-4-2/h29-40H,11-28H2,1-10H3;21-32H,3-20H2,1-2H3. The maximum Gasteiger partial charge on any atom is 0.264 e. The summed E-state index contributed by atoms with van der Waals surface area (Å²) in [5, 5.41) is 16.6. The summed E-state index contributed by atoms with van der Waals surface area (Å²) in [6.07, 6.45) is 47.1. The molecule has 628 valence electrons. The first kappa shape index (κ1) is 91.2. The Kier molecular flexibility index (Phi) is 35.9. The van der Waals surface area contributed by atoms with Crippen molar-refractivity contribution in [3.05, 3.63) is 168 Å². The van der Waals surface area contributed by atoms with Crippen LogP contribution in [0.25, 0.3) is 106 Å². The van der Waals surface area contributed by atoms with Crippen molar-refractivity contribution in [1.29, 1.82) is 0 Å². The Morgan fingerprint density at radius 1 is 0.229 bits per heavy atom. The smallest absolute Gasteiger partial charge is 0.264 e. The second kappa shape index (κ2) is 46.5. The Morgan fingerprint density at radius 3 is 0.703 bits per heavy atom. The highest BCUT2D eigenvalue weighted by molar-refractivity contribution is 7.80. The van der Waals surface area contributed by atoms with Gasteiger partial charge in [-0.05, 0) is 238 Å². The maximum atomic E-state index is 6.69. The average molecular weight is 1690 g/mol. The molecule has 0 fully saturated rings. The summed E-state index contributed by atoms with van der Waals surface area (Å²) >= 11 is 27.3. The predicted octanol–water partition coefficient (Wildman–Crippen LogP) is 31.7. The summed E-state index contributed by atoms with van der Waals surface area (Å²) in [5.74, 6) is 2.09. The molecule has 0 bridgehead atoms. The van der Waals surface area contributed by atoms with Crippen molar-refractivity contribution < 1.29 is 18.9 Å². The van der Waals surface area contributed by atoms with Crippen LogP contribution in [0.4, 0.5) is 0 Å². The van der Waals surface area contributed by atoms with Crippen molar-refractivity contribution in [3.8, 4) is 45.3 Å². The third kappa shape index (κ3) is 25.8. The highest BCUT2D eigenvalue weighted by Crippen LogP contribution is 2.50. The second-order valence-corrected chi connectivity index (χ2v) is 37.5. The molecule has 12 rings (SSSR count). The minimum Gasteiger partial charge on any atom is -0.431 e. The number of aryl methyl sites for hydroxylation is 4. The van der Waals surface area contributed by atoms with Crippen molar-refractivity contribution >= 4 is 176 Å². The van der Waals surface area contributed by atoms with Gasteiger partial charge < -0.3 is 38.5 Å². The van der Waals surface area contributed by atoms with Gasteiger partial charge in [0.25, 0.3) is 20.7 Å². The first-order valence-electron chi connectivity index (χ1n) is 44.9. The second-order valence-electron chi connectivity index (χ2n) is 34.0. The van der Waals surface area contributed by atoms with Gasteiger partial charge in [-0.2, -0.15) is 0 Å². The summed E-state index contributed by atoms with van der Waals surface area (Å²) in [6.45, 7) is 9.13. The average Bonchev–Trinajstić information content (AvgIpc) is 1.53. The molecular weight excluding hydrogens is 1560 g/mol. The van der Waals surface area contributed by atoms with E-state index in [1.54, 1.807) is 19.6 Å². The van der Waals surface area contributed by atoms with Gasteiger partial charge in [0.05, 0.1) is 0 Å². The highest BCUT2D eigenvalue weighted by atomic mass is 32.1. The third-order valence-electron chi connectivity index (χ3n) is 23.3. The SMILES string of the molecule is CCCCCCCCCCc1ccc2cc(-c3cc(OC(=S)N(C)C)c(-c4cc5ccc(CCCCCCCCCC)cc5cc4OC(=S)N(C)C)cc3OC(=S)N(C)C)c(OC(=S)N(C)C)cc2c1.CCCCCCCCCCc1ccc2cc3c(cc2c1)sc1cc2c(cc13)sc1cc3cc(CCCCCCCCCC)ccc3cc12. The fraction of sp³-hybridized carbons (Fsp3) is 0.462. The van der Waals surface area contributed by atoms with Gasteiger partial charge in [-0.1, -0.05) is 280 Å². The Morgan fingerprint density at radius 2 is 0.441 bits per heavy atom. The number of rotatable bonds is 42. The van der Waals surface area contributed by atoms with E-state index in [0.29, 0.717) is 44.5 Å². The van der Waals surface area contributed by atoms with Gasteiger partial charge in [0.1, 0.15) is 23.0 Å². The molecule has 0 unspecified atom stereocenters. The number of hydrogen-bond donors (Lipinski definition) is 0. The number of unbranched alkanes of at least 4 members (excludes halogenated alkanes) is 28. The van der Waals surface area contributed by atoms with Crippen LogP contribution in [0.15, 0.2) is 146 Å². The predicted molar refractivity (Wildman–Crippen MR) is 532 cm³/mol.